The summed E-state index contributed by atoms with van der Waals surface area (Å²) in [5.41, 5.74) is 3.41. The van der Waals surface area contributed by atoms with E-state index in [2.05, 4.69) is 44.3 Å². The highest BCUT2D eigenvalue weighted by molar-refractivity contribution is 5.88. The Bertz CT molecular complexity index is 964. The van der Waals surface area contributed by atoms with Gasteiger partial charge in [0.15, 0.2) is 0 Å². The second kappa shape index (κ2) is 17.5. The standard InChI is InChI=1S/C36H54O5/c1-5-6-7-28-8-10-29(11-9-28)12-13-30-14-16-31(17-15-30)32-18-20-33(21-19-32)34(25-41-35(38)26(2)3)22-23-40-36(39)27(4)24-37/h8-11,30-34,37H,2,4-7,12-25H2,1,3H3. The lowest BCUT2D eigenvalue weighted by atomic mass is 9.67. The van der Waals surface area contributed by atoms with Crippen molar-refractivity contribution in [3.05, 3.63) is 59.7 Å². The van der Waals surface area contributed by atoms with E-state index in [1.165, 1.54) is 81.8 Å². The van der Waals surface area contributed by atoms with Gasteiger partial charge in [-0.05, 0) is 118 Å². The van der Waals surface area contributed by atoms with E-state index < -0.39 is 12.6 Å². The van der Waals surface area contributed by atoms with Crippen LogP contribution in [0.2, 0.25) is 0 Å². The molecule has 1 atom stereocenters. The van der Waals surface area contributed by atoms with Gasteiger partial charge in [-0.1, -0.05) is 63.6 Å². The highest BCUT2D eigenvalue weighted by Crippen LogP contribution is 2.44. The largest absolute Gasteiger partial charge is 0.462 e. The van der Waals surface area contributed by atoms with E-state index in [-0.39, 0.29) is 24.1 Å². The average molecular weight is 567 g/mol. The molecule has 1 N–H and O–H groups in total. The van der Waals surface area contributed by atoms with Gasteiger partial charge in [-0.15, -0.1) is 0 Å². The number of aliphatic hydroxyl groups excluding tert-OH is 1. The van der Waals surface area contributed by atoms with E-state index >= 15 is 0 Å². The SMILES string of the molecule is C=C(C)C(=O)OCC(CCOC(=O)C(=C)CO)C1CCC(C2CCC(CCc3ccc(CCCC)cc3)CC2)CC1. The number of rotatable bonds is 16. The zero-order valence-electron chi connectivity index (χ0n) is 25.7. The average Bonchev–Trinajstić information content (AvgIpc) is 3.00. The lowest BCUT2D eigenvalue weighted by molar-refractivity contribution is -0.144. The molecule has 0 aromatic heterocycles. The molecule has 2 aliphatic carbocycles. The molecule has 2 fully saturated rings. The summed E-state index contributed by atoms with van der Waals surface area (Å²) in [6.45, 7) is 11.3. The first-order valence-corrected chi connectivity index (χ1v) is 16.2. The van der Waals surface area contributed by atoms with E-state index in [1.807, 2.05) is 0 Å². The van der Waals surface area contributed by atoms with Crippen molar-refractivity contribution in [2.45, 2.75) is 104 Å². The number of hydrogen-bond donors (Lipinski definition) is 1. The van der Waals surface area contributed by atoms with Crippen LogP contribution in [-0.2, 0) is 31.9 Å². The van der Waals surface area contributed by atoms with Crippen molar-refractivity contribution < 1.29 is 24.2 Å². The molecule has 0 saturated heterocycles. The predicted octanol–water partition coefficient (Wildman–Crippen LogP) is 7.79. The Labute approximate surface area is 248 Å². The first kappa shape index (κ1) is 33.1. The topological polar surface area (TPSA) is 72.8 Å². The summed E-state index contributed by atoms with van der Waals surface area (Å²) < 4.78 is 10.8. The summed E-state index contributed by atoms with van der Waals surface area (Å²) in [4.78, 5) is 24.0. The van der Waals surface area contributed by atoms with Crippen molar-refractivity contribution in [1.82, 2.24) is 0 Å². The van der Waals surface area contributed by atoms with Crippen molar-refractivity contribution in [1.29, 1.82) is 0 Å². The molecule has 41 heavy (non-hydrogen) atoms. The molecular formula is C36H54O5. The summed E-state index contributed by atoms with van der Waals surface area (Å²) >= 11 is 0. The van der Waals surface area contributed by atoms with Gasteiger partial charge in [0.1, 0.15) is 0 Å². The van der Waals surface area contributed by atoms with Crippen molar-refractivity contribution in [3.8, 4) is 0 Å². The number of ether oxygens (including phenoxy) is 2. The van der Waals surface area contributed by atoms with Crippen LogP contribution in [-0.4, -0.2) is 36.9 Å². The van der Waals surface area contributed by atoms with Crippen molar-refractivity contribution in [3.63, 3.8) is 0 Å². The molecule has 0 spiro atoms. The van der Waals surface area contributed by atoms with Crippen LogP contribution in [0.3, 0.4) is 0 Å². The molecule has 0 aliphatic heterocycles. The van der Waals surface area contributed by atoms with Crippen LogP contribution in [0.5, 0.6) is 0 Å². The van der Waals surface area contributed by atoms with Gasteiger partial charge in [0.05, 0.1) is 25.4 Å². The zero-order valence-corrected chi connectivity index (χ0v) is 25.7. The summed E-state index contributed by atoms with van der Waals surface area (Å²) in [6, 6.07) is 9.34. The van der Waals surface area contributed by atoms with Crippen molar-refractivity contribution in [2.24, 2.45) is 29.6 Å². The summed E-state index contributed by atoms with van der Waals surface area (Å²) in [6.07, 6.45) is 17.1. The predicted molar refractivity (Wildman–Crippen MR) is 165 cm³/mol. The summed E-state index contributed by atoms with van der Waals surface area (Å²) in [5.74, 6) is 2.17. The molecule has 1 unspecified atom stereocenters. The Hall–Kier alpha value is -2.40. The number of carbonyl (C=O) groups excluding carboxylic acids is 2. The van der Waals surface area contributed by atoms with Gasteiger partial charge in [-0.3, -0.25) is 0 Å². The number of aryl methyl sites for hydroxylation is 2. The monoisotopic (exact) mass is 566 g/mol. The molecule has 2 saturated carbocycles. The highest BCUT2D eigenvalue weighted by Gasteiger charge is 2.34. The third-order valence-electron chi connectivity index (χ3n) is 9.70. The van der Waals surface area contributed by atoms with Gasteiger partial charge in [-0.2, -0.15) is 0 Å². The minimum Gasteiger partial charge on any atom is -0.462 e. The molecule has 2 aliphatic rings. The molecular weight excluding hydrogens is 512 g/mol. The molecule has 5 heteroatoms. The number of carbonyl (C=O) groups is 2. The maximum Gasteiger partial charge on any atom is 0.335 e. The molecule has 5 nitrogen and oxygen atoms in total. The van der Waals surface area contributed by atoms with E-state index in [0.717, 1.165) is 30.6 Å². The van der Waals surface area contributed by atoms with Crippen molar-refractivity contribution in [2.75, 3.05) is 19.8 Å². The second-order valence-corrected chi connectivity index (χ2v) is 12.7. The van der Waals surface area contributed by atoms with Gasteiger partial charge in [0.2, 0.25) is 0 Å². The van der Waals surface area contributed by atoms with Gasteiger partial charge in [0.25, 0.3) is 0 Å². The maximum atomic E-state index is 12.1. The smallest absolute Gasteiger partial charge is 0.335 e. The highest BCUT2D eigenvalue weighted by atomic mass is 16.5. The minimum atomic E-state index is -0.565. The van der Waals surface area contributed by atoms with Crippen LogP contribution in [0, 0.1) is 29.6 Å². The van der Waals surface area contributed by atoms with Crippen LogP contribution in [0.4, 0.5) is 0 Å². The fourth-order valence-electron chi connectivity index (χ4n) is 6.89. The molecule has 228 valence electrons. The molecule has 1 aromatic carbocycles. The Balaban J connectivity index is 1.41. The van der Waals surface area contributed by atoms with Crippen LogP contribution >= 0.6 is 0 Å². The number of benzene rings is 1. The lowest BCUT2D eigenvalue weighted by Crippen LogP contribution is -2.31. The maximum absolute atomic E-state index is 12.1. The summed E-state index contributed by atoms with van der Waals surface area (Å²) in [7, 11) is 0. The molecule has 0 heterocycles. The number of esters is 2. The third-order valence-corrected chi connectivity index (χ3v) is 9.70. The van der Waals surface area contributed by atoms with Crippen LogP contribution in [0.15, 0.2) is 48.6 Å². The summed E-state index contributed by atoms with van der Waals surface area (Å²) in [5, 5.41) is 9.10. The Kier molecular flexibility index (Phi) is 14.2. The lowest BCUT2D eigenvalue weighted by Gasteiger charge is -2.39. The fraction of sp³-hybridized carbons (Fsp3) is 0.667. The van der Waals surface area contributed by atoms with Crippen LogP contribution in [0.1, 0.15) is 102 Å². The molecule has 0 amide bonds. The second-order valence-electron chi connectivity index (χ2n) is 12.7. The van der Waals surface area contributed by atoms with Crippen LogP contribution < -0.4 is 0 Å². The van der Waals surface area contributed by atoms with E-state index in [0.29, 0.717) is 24.5 Å². The number of unbranched alkanes of at least 4 members (excludes halogenated alkanes) is 1. The number of hydrogen-bond acceptors (Lipinski definition) is 5. The van der Waals surface area contributed by atoms with Gasteiger partial charge < -0.3 is 14.6 Å². The van der Waals surface area contributed by atoms with Gasteiger partial charge >= 0.3 is 11.9 Å². The minimum absolute atomic E-state index is 0.0574. The molecule has 0 radical (unpaired) electrons. The Morgan fingerprint density at radius 1 is 0.878 bits per heavy atom. The Morgan fingerprint density at radius 2 is 1.46 bits per heavy atom. The van der Waals surface area contributed by atoms with E-state index in [4.69, 9.17) is 14.6 Å². The third kappa shape index (κ3) is 11.1. The molecule has 3 rings (SSSR count). The van der Waals surface area contributed by atoms with Crippen LogP contribution in [0.25, 0.3) is 0 Å². The zero-order chi connectivity index (χ0) is 29.6. The van der Waals surface area contributed by atoms with E-state index in [9.17, 15) is 9.59 Å². The van der Waals surface area contributed by atoms with E-state index in [1.54, 1.807) is 6.92 Å². The Morgan fingerprint density at radius 3 is 2.02 bits per heavy atom. The normalized spacial score (nSPS) is 23.4. The van der Waals surface area contributed by atoms with Crippen molar-refractivity contribution >= 4 is 11.9 Å². The van der Waals surface area contributed by atoms with Gasteiger partial charge in [0, 0.05) is 5.57 Å². The first-order valence-electron chi connectivity index (χ1n) is 16.2. The molecule has 1 aromatic rings. The fourth-order valence-corrected chi connectivity index (χ4v) is 6.89. The molecule has 0 bridgehead atoms. The van der Waals surface area contributed by atoms with Gasteiger partial charge in [-0.25, -0.2) is 9.59 Å². The quantitative estimate of drug-likeness (QED) is 0.163. The number of aliphatic hydroxyl groups is 1. The first-order chi connectivity index (χ1) is 19.8.